The van der Waals surface area contributed by atoms with E-state index in [-0.39, 0.29) is 37.0 Å². The summed E-state index contributed by atoms with van der Waals surface area (Å²) >= 11 is 0. The number of hydrogen-bond acceptors (Lipinski definition) is 5. The molecule has 7 nitrogen and oxygen atoms in total. The highest BCUT2D eigenvalue weighted by molar-refractivity contribution is 5.89. The van der Waals surface area contributed by atoms with Crippen LogP contribution in [0.25, 0.3) is 0 Å². The van der Waals surface area contributed by atoms with Gasteiger partial charge < -0.3 is 24.4 Å². The first-order valence-electron chi connectivity index (χ1n) is 8.53. The quantitative estimate of drug-likeness (QED) is 0.827. The molecule has 0 radical (unpaired) electrons. The van der Waals surface area contributed by atoms with Crippen molar-refractivity contribution in [1.29, 1.82) is 0 Å². The van der Waals surface area contributed by atoms with E-state index in [4.69, 9.17) is 14.2 Å². The molecule has 2 fully saturated rings. The first-order chi connectivity index (χ1) is 12.2. The van der Waals surface area contributed by atoms with Crippen LogP contribution in [0.1, 0.15) is 18.4 Å². The number of ether oxygens (including phenoxy) is 3. The maximum absolute atomic E-state index is 12.3. The molecule has 7 heteroatoms. The normalized spacial score (nSPS) is 23.6. The van der Waals surface area contributed by atoms with Crippen LogP contribution in [0, 0.1) is 5.92 Å². The zero-order valence-corrected chi connectivity index (χ0v) is 14.4. The van der Waals surface area contributed by atoms with Crippen molar-refractivity contribution in [3.8, 4) is 5.75 Å². The van der Waals surface area contributed by atoms with Crippen LogP contribution in [0.3, 0.4) is 0 Å². The van der Waals surface area contributed by atoms with Crippen molar-refractivity contribution >= 4 is 11.8 Å². The van der Waals surface area contributed by atoms with Gasteiger partial charge in [-0.05, 0) is 24.1 Å². The molecule has 0 spiro atoms. The summed E-state index contributed by atoms with van der Waals surface area (Å²) in [4.78, 5) is 26.3. The van der Waals surface area contributed by atoms with E-state index in [1.165, 1.54) is 0 Å². The van der Waals surface area contributed by atoms with Crippen molar-refractivity contribution in [2.24, 2.45) is 5.92 Å². The van der Waals surface area contributed by atoms with Crippen LogP contribution >= 0.6 is 0 Å². The van der Waals surface area contributed by atoms with Gasteiger partial charge in [-0.1, -0.05) is 12.1 Å². The smallest absolute Gasteiger partial charge is 0.225 e. The molecule has 0 bridgehead atoms. The van der Waals surface area contributed by atoms with Crippen molar-refractivity contribution in [3.63, 3.8) is 0 Å². The van der Waals surface area contributed by atoms with Gasteiger partial charge in [0.25, 0.3) is 0 Å². The van der Waals surface area contributed by atoms with E-state index in [0.717, 1.165) is 17.7 Å². The molecule has 1 N–H and O–H groups in total. The summed E-state index contributed by atoms with van der Waals surface area (Å²) in [6, 6.07) is 7.60. The Labute approximate surface area is 147 Å². The third-order valence-electron chi connectivity index (χ3n) is 4.59. The fraction of sp³-hybridized carbons (Fsp3) is 0.556. The Kier molecular flexibility index (Phi) is 5.88. The van der Waals surface area contributed by atoms with Crippen LogP contribution in [0.5, 0.6) is 5.75 Å². The van der Waals surface area contributed by atoms with Gasteiger partial charge in [0.2, 0.25) is 11.8 Å². The fourth-order valence-corrected chi connectivity index (χ4v) is 3.07. The molecule has 1 aromatic carbocycles. The van der Waals surface area contributed by atoms with Gasteiger partial charge in [-0.15, -0.1) is 0 Å². The van der Waals surface area contributed by atoms with Crippen molar-refractivity contribution in [1.82, 2.24) is 10.2 Å². The van der Waals surface area contributed by atoms with Crippen LogP contribution in [0.4, 0.5) is 0 Å². The number of methoxy groups -OCH3 is 1. The molecule has 2 atom stereocenters. The van der Waals surface area contributed by atoms with E-state index in [0.29, 0.717) is 26.2 Å². The van der Waals surface area contributed by atoms with Crippen LogP contribution < -0.4 is 10.1 Å². The molecule has 25 heavy (non-hydrogen) atoms. The lowest BCUT2D eigenvalue weighted by Gasteiger charge is -2.23. The summed E-state index contributed by atoms with van der Waals surface area (Å²) in [6.45, 7) is 2.35. The molecule has 0 saturated carbocycles. The Morgan fingerprint density at radius 3 is 2.84 bits per heavy atom. The summed E-state index contributed by atoms with van der Waals surface area (Å²) in [6.07, 6.45) is 1.02. The van der Waals surface area contributed by atoms with Crippen LogP contribution in [0.2, 0.25) is 0 Å². The maximum Gasteiger partial charge on any atom is 0.225 e. The Bertz CT molecular complexity index is 598. The first kappa shape index (κ1) is 17.7. The number of benzene rings is 1. The second-order valence-electron chi connectivity index (χ2n) is 6.37. The van der Waals surface area contributed by atoms with Crippen LogP contribution in [0.15, 0.2) is 24.3 Å². The highest BCUT2D eigenvalue weighted by atomic mass is 16.7. The Balaban J connectivity index is 1.48. The van der Waals surface area contributed by atoms with E-state index in [1.807, 2.05) is 24.3 Å². The molecule has 2 aliphatic heterocycles. The summed E-state index contributed by atoms with van der Waals surface area (Å²) in [5.74, 6) is 0.411. The minimum absolute atomic E-state index is 0.00907. The molecule has 2 amide bonds. The number of amides is 2. The molecule has 0 aromatic heterocycles. The number of carbonyl (C=O) groups excluding carboxylic acids is 2. The lowest BCUT2D eigenvalue weighted by atomic mass is 10.1. The second kappa shape index (κ2) is 8.31. The Morgan fingerprint density at radius 2 is 2.16 bits per heavy atom. The monoisotopic (exact) mass is 348 g/mol. The molecule has 0 aliphatic carbocycles. The zero-order valence-electron chi connectivity index (χ0n) is 14.4. The minimum Gasteiger partial charge on any atom is -0.497 e. The Morgan fingerprint density at radius 1 is 1.36 bits per heavy atom. The molecule has 0 unspecified atom stereocenters. The Hall–Kier alpha value is -2.12. The first-order valence-corrected chi connectivity index (χ1v) is 8.53. The summed E-state index contributed by atoms with van der Waals surface area (Å²) in [7, 11) is 1.62. The van der Waals surface area contributed by atoms with E-state index >= 15 is 0 Å². The lowest BCUT2D eigenvalue weighted by Crippen LogP contribution is -2.40. The van der Waals surface area contributed by atoms with Gasteiger partial charge in [0, 0.05) is 26.1 Å². The van der Waals surface area contributed by atoms with Crippen molar-refractivity contribution in [2.75, 3.05) is 33.6 Å². The van der Waals surface area contributed by atoms with E-state index in [2.05, 4.69) is 5.32 Å². The number of rotatable bonds is 6. The fourth-order valence-electron chi connectivity index (χ4n) is 3.07. The molecular formula is C18H24N2O5. The average Bonchev–Trinajstić information content (AvgIpc) is 3.02. The molecule has 1 aromatic rings. The van der Waals surface area contributed by atoms with Crippen LogP contribution in [-0.4, -0.2) is 56.4 Å². The lowest BCUT2D eigenvalue weighted by molar-refractivity contribution is -0.142. The highest BCUT2D eigenvalue weighted by Gasteiger charge is 2.34. The van der Waals surface area contributed by atoms with E-state index in [1.54, 1.807) is 12.0 Å². The van der Waals surface area contributed by atoms with Gasteiger partial charge in [0.1, 0.15) is 12.5 Å². The predicted octanol–water partition coefficient (Wildman–Crippen LogP) is 0.923. The van der Waals surface area contributed by atoms with Gasteiger partial charge in [-0.3, -0.25) is 9.59 Å². The topological polar surface area (TPSA) is 77.1 Å². The minimum atomic E-state index is -0.300. The summed E-state index contributed by atoms with van der Waals surface area (Å²) in [5, 5.41) is 2.90. The number of nitrogens with one attached hydrogen (secondary N) is 1. The summed E-state index contributed by atoms with van der Waals surface area (Å²) < 4.78 is 15.7. The number of nitrogens with zero attached hydrogens (tertiary/aromatic N) is 1. The molecular weight excluding hydrogens is 324 g/mol. The third-order valence-corrected chi connectivity index (χ3v) is 4.59. The molecule has 2 aliphatic rings. The van der Waals surface area contributed by atoms with Gasteiger partial charge in [0.15, 0.2) is 0 Å². The van der Waals surface area contributed by atoms with Gasteiger partial charge >= 0.3 is 0 Å². The number of hydrogen-bond donors (Lipinski definition) is 1. The second-order valence-corrected chi connectivity index (χ2v) is 6.37. The number of likely N-dealkylation sites (tertiary alicyclic amines) is 1. The highest BCUT2D eigenvalue weighted by Crippen LogP contribution is 2.21. The molecule has 2 saturated heterocycles. The van der Waals surface area contributed by atoms with E-state index in [9.17, 15) is 9.59 Å². The van der Waals surface area contributed by atoms with Crippen LogP contribution in [-0.2, 0) is 25.6 Å². The van der Waals surface area contributed by atoms with Gasteiger partial charge in [-0.25, -0.2) is 0 Å². The average molecular weight is 348 g/mol. The number of carbonyl (C=O) groups is 2. The molecule has 136 valence electrons. The predicted molar refractivity (Wildman–Crippen MR) is 89.8 cm³/mol. The SMILES string of the molecule is COc1ccc(CN2C[C@H](C(=O)NC[C@@H]3CCOCO3)CC2=O)cc1. The summed E-state index contributed by atoms with van der Waals surface area (Å²) in [5.41, 5.74) is 1.02. The van der Waals surface area contributed by atoms with Crippen molar-refractivity contribution in [2.45, 2.75) is 25.5 Å². The standard InChI is InChI=1S/C18H24N2O5/c1-23-15-4-2-13(3-5-15)10-20-11-14(8-17(20)21)18(22)19-9-16-6-7-24-12-25-16/h2-5,14,16H,6-12H2,1H3,(H,19,22)/t14-,16+/m1/s1. The molecule has 3 rings (SSSR count). The van der Waals surface area contributed by atoms with Crippen molar-refractivity contribution < 1.29 is 23.8 Å². The molecule has 2 heterocycles. The van der Waals surface area contributed by atoms with Gasteiger partial charge in [0.05, 0.1) is 25.7 Å². The largest absolute Gasteiger partial charge is 0.497 e. The zero-order chi connectivity index (χ0) is 17.6. The van der Waals surface area contributed by atoms with Crippen molar-refractivity contribution in [3.05, 3.63) is 29.8 Å². The van der Waals surface area contributed by atoms with E-state index < -0.39 is 0 Å². The third kappa shape index (κ3) is 4.70. The van der Waals surface area contributed by atoms with Gasteiger partial charge in [-0.2, -0.15) is 0 Å². The maximum atomic E-state index is 12.3.